The van der Waals surface area contributed by atoms with Gasteiger partial charge in [-0.05, 0) is 61.4 Å². The van der Waals surface area contributed by atoms with Gasteiger partial charge in [-0.2, -0.15) is 0 Å². The molecule has 0 aliphatic rings. The zero-order valence-corrected chi connectivity index (χ0v) is 11.9. The van der Waals surface area contributed by atoms with Gasteiger partial charge in [0.25, 0.3) is 0 Å². The molecule has 0 amide bonds. The van der Waals surface area contributed by atoms with Gasteiger partial charge in [0.05, 0.1) is 13.2 Å². The van der Waals surface area contributed by atoms with E-state index in [-0.39, 0.29) is 0 Å². The monoisotopic (exact) mass is 251 g/mol. The minimum absolute atomic E-state index is 0.324. The summed E-state index contributed by atoms with van der Waals surface area (Å²) in [6.07, 6.45) is 1.31. The number of benzene rings is 1. The molecule has 102 valence electrons. The maximum atomic E-state index is 9.75. The molecule has 0 aromatic heterocycles. The highest BCUT2D eigenvalue weighted by molar-refractivity contribution is 5.43. The van der Waals surface area contributed by atoms with E-state index >= 15 is 0 Å². The molecule has 3 heteroatoms. The second-order valence-corrected chi connectivity index (χ2v) is 4.91. The largest absolute Gasteiger partial charge is 0.497 e. The topological polar surface area (TPSA) is 55.5 Å². The van der Waals surface area contributed by atoms with E-state index in [9.17, 15) is 5.11 Å². The van der Waals surface area contributed by atoms with Crippen molar-refractivity contribution < 1.29 is 9.84 Å². The number of rotatable bonds is 6. The zero-order valence-electron chi connectivity index (χ0n) is 11.9. The van der Waals surface area contributed by atoms with E-state index in [1.165, 1.54) is 16.7 Å². The van der Waals surface area contributed by atoms with Crippen LogP contribution in [0.15, 0.2) is 12.1 Å². The third-order valence-electron chi connectivity index (χ3n) is 3.53. The maximum absolute atomic E-state index is 9.75. The van der Waals surface area contributed by atoms with Crippen molar-refractivity contribution in [2.24, 2.45) is 5.73 Å². The van der Waals surface area contributed by atoms with Crippen molar-refractivity contribution in [1.82, 2.24) is 0 Å². The summed E-state index contributed by atoms with van der Waals surface area (Å²) in [6, 6.07) is 4.11. The van der Waals surface area contributed by atoms with Crippen LogP contribution in [0.3, 0.4) is 0 Å². The first-order valence-corrected chi connectivity index (χ1v) is 6.56. The number of aryl methyl sites for hydroxylation is 2. The Morgan fingerprint density at radius 1 is 1.28 bits per heavy atom. The molecule has 0 spiro atoms. The molecular weight excluding hydrogens is 226 g/mol. The standard InChI is InChI=1S/C15H25NO2/c1-5-12(8-13(17)9-16)15-10(2)6-14(18-4)7-11(15)3/h6-7,12-13,17H,5,8-9,16H2,1-4H3. The number of methoxy groups -OCH3 is 1. The predicted octanol–water partition coefficient (Wildman–Crippen LogP) is 2.52. The zero-order chi connectivity index (χ0) is 13.7. The average molecular weight is 251 g/mol. The van der Waals surface area contributed by atoms with Crippen LogP contribution < -0.4 is 10.5 Å². The third kappa shape index (κ3) is 3.47. The molecule has 0 aliphatic heterocycles. The highest BCUT2D eigenvalue weighted by Gasteiger charge is 2.18. The number of ether oxygens (including phenoxy) is 1. The Morgan fingerprint density at radius 2 is 1.83 bits per heavy atom. The Morgan fingerprint density at radius 3 is 2.22 bits per heavy atom. The SMILES string of the molecule is CCC(CC(O)CN)c1c(C)cc(OC)cc1C. The van der Waals surface area contributed by atoms with E-state index in [0.717, 1.165) is 18.6 Å². The molecule has 1 aromatic carbocycles. The van der Waals surface area contributed by atoms with E-state index in [1.807, 2.05) is 0 Å². The van der Waals surface area contributed by atoms with Gasteiger partial charge in [0.2, 0.25) is 0 Å². The van der Waals surface area contributed by atoms with Crippen molar-refractivity contribution in [2.45, 2.75) is 45.6 Å². The molecule has 0 aliphatic carbocycles. The highest BCUT2D eigenvalue weighted by Crippen LogP contribution is 2.32. The molecule has 1 rings (SSSR count). The van der Waals surface area contributed by atoms with Crippen molar-refractivity contribution in [3.8, 4) is 5.75 Å². The number of hydrogen-bond acceptors (Lipinski definition) is 3. The van der Waals surface area contributed by atoms with Gasteiger partial charge in [0.15, 0.2) is 0 Å². The molecule has 0 fully saturated rings. The summed E-state index contributed by atoms with van der Waals surface area (Å²) < 4.78 is 5.28. The van der Waals surface area contributed by atoms with Gasteiger partial charge in [-0.15, -0.1) is 0 Å². The lowest BCUT2D eigenvalue weighted by Crippen LogP contribution is -2.22. The summed E-state index contributed by atoms with van der Waals surface area (Å²) in [5.74, 6) is 1.25. The lowest BCUT2D eigenvalue weighted by atomic mass is 9.85. The van der Waals surface area contributed by atoms with E-state index in [2.05, 4.69) is 32.9 Å². The lowest BCUT2D eigenvalue weighted by molar-refractivity contribution is 0.162. The first kappa shape index (κ1) is 15.0. The Labute approximate surface area is 110 Å². The summed E-state index contributed by atoms with van der Waals surface area (Å²) in [7, 11) is 1.68. The Hall–Kier alpha value is -1.06. The van der Waals surface area contributed by atoms with Gasteiger partial charge >= 0.3 is 0 Å². The molecule has 0 saturated carbocycles. The molecular formula is C15H25NO2. The Balaban J connectivity index is 3.05. The van der Waals surface area contributed by atoms with Crippen LogP contribution in [0, 0.1) is 13.8 Å². The predicted molar refractivity (Wildman–Crippen MR) is 75.2 cm³/mol. The molecule has 2 unspecified atom stereocenters. The van der Waals surface area contributed by atoms with E-state index in [1.54, 1.807) is 7.11 Å². The molecule has 0 heterocycles. The first-order valence-electron chi connectivity index (χ1n) is 6.56. The van der Waals surface area contributed by atoms with Crippen molar-refractivity contribution in [2.75, 3.05) is 13.7 Å². The molecule has 18 heavy (non-hydrogen) atoms. The summed E-state index contributed by atoms with van der Waals surface area (Å²) in [4.78, 5) is 0. The fourth-order valence-corrected chi connectivity index (χ4v) is 2.61. The number of aliphatic hydroxyl groups is 1. The molecule has 0 bridgehead atoms. The maximum Gasteiger partial charge on any atom is 0.119 e. The third-order valence-corrected chi connectivity index (χ3v) is 3.53. The summed E-state index contributed by atoms with van der Waals surface area (Å²) in [5, 5.41) is 9.75. The van der Waals surface area contributed by atoms with E-state index < -0.39 is 6.10 Å². The molecule has 3 N–H and O–H groups in total. The van der Waals surface area contributed by atoms with Crippen LogP contribution in [-0.2, 0) is 0 Å². The Kier molecular flexibility index (Phi) is 5.63. The van der Waals surface area contributed by atoms with Gasteiger partial charge in [0.1, 0.15) is 5.75 Å². The van der Waals surface area contributed by atoms with Crippen molar-refractivity contribution in [3.63, 3.8) is 0 Å². The quantitative estimate of drug-likeness (QED) is 0.817. The van der Waals surface area contributed by atoms with Crippen LogP contribution in [0.4, 0.5) is 0 Å². The minimum Gasteiger partial charge on any atom is -0.497 e. The normalized spacial score (nSPS) is 14.3. The smallest absolute Gasteiger partial charge is 0.119 e. The van der Waals surface area contributed by atoms with Crippen LogP contribution in [0.5, 0.6) is 5.75 Å². The fourth-order valence-electron chi connectivity index (χ4n) is 2.61. The van der Waals surface area contributed by atoms with Crippen molar-refractivity contribution >= 4 is 0 Å². The van der Waals surface area contributed by atoms with Crippen LogP contribution in [0.2, 0.25) is 0 Å². The minimum atomic E-state index is -0.421. The van der Waals surface area contributed by atoms with Gasteiger partial charge in [-0.25, -0.2) is 0 Å². The number of aliphatic hydroxyl groups excluding tert-OH is 1. The van der Waals surface area contributed by atoms with Crippen LogP contribution in [0.25, 0.3) is 0 Å². The second-order valence-electron chi connectivity index (χ2n) is 4.91. The molecule has 2 atom stereocenters. The second kappa shape index (κ2) is 6.76. The van der Waals surface area contributed by atoms with E-state index in [4.69, 9.17) is 10.5 Å². The summed E-state index contributed by atoms with van der Waals surface area (Å²) in [6.45, 7) is 6.67. The molecule has 1 aromatic rings. The van der Waals surface area contributed by atoms with Crippen molar-refractivity contribution in [1.29, 1.82) is 0 Å². The number of hydrogen-bond donors (Lipinski definition) is 2. The average Bonchev–Trinajstić information content (AvgIpc) is 2.35. The number of nitrogens with two attached hydrogens (primary N) is 1. The van der Waals surface area contributed by atoms with E-state index in [0.29, 0.717) is 12.5 Å². The van der Waals surface area contributed by atoms with Gasteiger partial charge in [-0.1, -0.05) is 6.92 Å². The van der Waals surface area contributed by atoms with Crippen LogP contribution in [0.1, 0.15) is 42.4 Å². The van der Waals surface area contributed by atoms with Gasteiger partial charge in [-0.3, -0.25) is 0 Å². The fraction of sp³-hybridized carbons (Fsp3) is 0.600. The molecule has 3 nitrogen and oxygen atoms in total. The van der Waals surface area contributed by atoms with Crippen molar-refractivity contribution in [3.05, 3.63) is 28.8 Å². The molecule has 0 saturated heterocycles. The lowest BCUT2D eigenvalue weighted by Gasteiger charge is -2.23. The first-order chi connectivity index (χ1) is 8.53. The van der Waals surface area contributed by atoms with Gasteiger partial charge < -0.3 is 15.6 Å². The van der Waals surface area contributed by atoms with Crippen LogP contribution in [-0.4, -0.2) is 24.9 Å². The highest BCUT2D eigenvalue weighted by atomic mass is 16.5. The Bertz CT molecular complexity index is 367. The van der Waals surface area contributed by atoms with Gasteiger partial charge in [0, 0.05) is 6.54 Å². The van der Waals surface area contributed by atoms with Crippen LogP contribution >= 0.6 is 0 Å². The summed E-state index contributed by atoms with van der Waals surface area (Å²) in [5.41, 5.74) is 9.28. The summed E-state index contributed by atoms with van der Waals surface area (Å²) >= 11 is 0. The molecule has 0 radical (unpaired) electrons.